The Bertz CT molecular complexity index is 1070. The second kappa shape index (κ2) is 8.52. The summed E-state index contributed by atoms with van der Waals surface area (Å²) in [4.78, 5) is 26.8. The fourth-order valence-electron chi connectivity index (χ4n) is 3.82. The van der Waals surface area contributed by atoms with E-state index in [1.54, 1.807) is 48.1 Å². The first kappa shape index (κ1) is 19.9. The number of carbonyl (C=O) groups is 1. The number of carbonyl (C=O) groups excluding carboxylic acids is 1. The monoisotopic (exact) mass is 410 g/mol. The lowest BCUT2D eigenvalue weighted by molar-refractivity contribution is 0.0710. The van der Waals surface area contributed by atoms with E-state index in [1.807, 2.05) is 4.90 Å². The highest BCUT2D eigenvalue weighted by molar-refractivity contribution is 5.94. The lowest BCUT2D eigenvalue weighted by Crippen LogP contribution is -2.38. The molecule has 1 aromatic heterocycles. The number of ether oxygens (including phenoxy) is 1. The van der Waals surface area contributed by atoms with Gasteiger partial charge in [0.15, 0.2) is 0 Å². The number of rotatable bonds is 5. The molecule has 8 heteroatoms. The third kappa shape index (κ3) is 4.12. The molecule has 0 atom stereocenters. The van der Waals surface area contributed by atoms with E-state index < -0.39 is 0 Å². The Morgan fingerprint density at radius 3 is 2.43 bits per heavy atom. The number of aromatic amines is 1. The van der Waals surface area contributed by atoms with Crippen molar-refractivity contribution < 1.29 is 13.9 Å². The molecule has 0 unspecified atom stereocenters. The summed E-state index contributed by atoms with van der Waals surface area (Å²) in [5, 5.41) is 6.76. The minimum atomic E-state index is -0.313. The van der Waals surface area contributed by atoms with Crippen LogP contribution in [0.5, 0.6) is 5.75 Å². The number of nitrogens with one attached hydrogen (secondary N) is 1. The summed E-state index contributed by atoms with van der Waals surface area (Å²) in [5.41, 5.74) is 1.17. The van der Waals surface area contributed by atoms with Gasteiger partial charge >= 0.3 is 5.69 Å². The van der Waals surface area contributed by atoms with Gasteiger partial charge in [0.1, 0.15) is 17.4 Å². The van der Waals surface area contributed by atoms with Crippen LogP contribution < -0.4 is 10.4 Å². The lowest BCUT2D eigenvalue weighted by atomic mass is 9.95. The Labute approximate surface area is 173 Å². The third-order valence-corrected chi connectivity index (χ3v) is 5.53. The Balaban J connectivity index is 1.43. The van der Waals surface area contributed by atoms with Crippen LogP contribution in [0.25, 0.3) is 0 Å². The van der Waals surface area contributed by atoms with Crippen LogP contribution in [0.15, 0.2) is 53.3 Å². The summed E-state index contributed by atoms with van der Waals surface area (Å²) < 4.78 is 19.9. The summed E-state index contributed by atoms with van der Waals surface area (Å²) in [6, 6.07) is 13.2. The van der Waals surface area contributed by atoms with Crippen molar-refractivity contribution in [3.05, 3.63) is 81.8 Å². The smallest absolute Gasteiger partial charge is 0.343 e. The van der Waals surface area contributed by atoms with E-state index in [2.05, 4.69) is 10.2 Å². The van der Waals surface area contributed by atoms with Crippen molar-refractivity contribution in [1.29, 1.82) is 0 Å². The van der Waals surface area contributed by atoms with Crippen LogP contribution in [0.1, 0.15) is 40.5 Å². The number of hydrogen-bond donors (Lipinski definition) is 1. The summed E-state index contributed by atoms with van der Waals surface area (Å²) in [7, 11) is 1.59. The molecule has 1 aliphatic rings. The quantitative estimate of drug-likeness (QED) is 0.702. The molecule has 30 heavy (non-hydrogen) atoms. The molecule has 156 valence electrons. The second-order valence-electron chi connectivity index (χ2n) is 7.39. The highest BCUT2D eigenvalue weighted by Gasteiger charge is 2.28. The molecule has 3 aromatic rings. The molecular formula is C22H23FN4O3. The van der Waals surface area contributed by atoms with Gasteiger partial charge in [0.2, 0.25) is 0 Å². The molecule has 1 amide bonds. The number of likely N-dealkylation sites (tertiary alicyclic amines) is 1. The standard InChI is InChI=1S/C22H23FN4O3/c1-30-19-8-4-17(5-9-19)21(28)26-12-10-16(11-13-26)20-24-25-22(29)27(20)14-15-2-6-18(23)7-3-15/h2-9,16H,10-14H2,1H3,(H,25,29). The first-order valence-electron chi connectivity index (χ1n) is 9.88. The first-order valence-corrected chi connectivity index (χ1v) is 9.88. The maximum atomic E-state index is 13.2. The van der Waals surface area contributed by atoms with Crippen molar-refractivity contribution in [3.8, 4) is 5.75 Å². The van der Waals surface area contributed by atoms with Gasteiger partial charge in [-0.2, -0.15) is 5.10 Å². The summed E-state index contributed by atoms with van der Waals surface area (Å²) >= 11 is 0. The molecule has 0 bridgehead atoms. The van der Waals surface area contributed by atoms with Crippen LogP contribution in [-0.4, -0.2) is 45.8 Å². The predicted octanol–water partition coefficient (Wildman–Crippen LogP) is 2.79. The maximum absolute atomic E-state index is 13.2. The zero-order chi connectivity index (χ0) is 21.1. The number of nitrogens with zero attached hydrogens (tertiary/aromatic N) is 3. The Kier molecular flexibility index (Phi) is 5.65. The zero-order valence-corrected chi connectivity index (χ0v) is 16.7. The van der Waals surface area contributed by atoms with Gasteiger partial charge in [-0.3, -0.25) is 9.36 Å². The zero-order valence-electron chi connectivity index (χ0n) is 16.7. The molecule has 7 nitrogen and oxygen atoms in total. The number of amides is 1. The van der Waals surface area contributed by atoms with Gasteiger partial charge in [-0.05, 0) is 54.8 Å². The van der Waals surface area contributed by atoms with Gasteiger partial charge < -0.3 is 9.64 Å². The highest BCUT2D eigenvalue weighted by Crippen LogP contribution is 2.27. The molecule has 1 N–H and O–H groups in total. The SMILES string of the molecule is COc1ccc(C(=O)N2CCC(c3n[nH]c(=O)n3Cc3ccc(F)cc3)CC2)cc1. The van der Waals surface area contributed by atoms with Crippen LogP contribution in [0.3, 0.4) is 0 Å². The molecular weight excluding hydrogens is 387 g/mol. The second-order valence-corrected chi connectivity index (χ2v) is 7.39. The summed E-state index contributed by atoms with van der Waals surface area (Å²) in [6.45, 7) is 1.51. The molecule has 2 heterocycles. The van der Waals surface area contributed by atoms with Crippen LogP contribution in [-0.2, 0) is 6.54 Å². The van der Waals surface area contributed by atoms with Crippen molar-refractivity contribution in [2.24, 2.45) is 0 Å². The average molecular weight is 410 g/mol. The van der Waals surface area contributed by atoms with Gasteiger partial charge in [-0.25, -0.2) is 14.3 Å². The third-order valence-electron chi connectivity index (χ3n) is 5.53. The maximum Gasteiger partial charge on any atom is 0.343 e. The molecule has 0 spiro atoms. The highest BCUT2D eigenvalue weighted by atomic mass is 19.1. The van der Waals surface area contributed by atoms with E-state index in [0.29, 0.717) is 36.8 Å². The van der Waals surface area contributed by atoms with E-state index in [0.717, 1.165) is 18.4 Å². The van der Waals surface area contributed by atoms with Crippen LogP contribution >= 0.6 is 0 Å². The lowest BCUT2D eigenvalue weighted by Gasteiger charge is -2.31. The fourth-order valence-corrected chi connectivity index (χ4v) is 3.82. The Morgan fingerprint density at radius 1 is 1.13 bits per heavy atom. The van der Waals surface area contributed by atoms with Gasteiger partial charge in [-0.15, -0.1) is 0 Å². The number of piperidine rings is 1. The predicted molar refractivity (Wildman–Crippen MR) is 109 cm³/mol. The average Bonchev–Trinajstić information content (AvgIpc) is 3.15. The fraction of sp³-hybridized carbons (Fsp3) is 0.318. The van der Waals surface area contributed by atoms with E-state index in [-0.39, 0.29) is 23.3 Å². The summed E-state index contributed by atoms with van der Waals surface area (Å²) in [6.07, 6.45) is 1.44. The van der Waals surface area contributed by atoms with E-state index >= 15 is 0 Å². The van der Waals surface area contributed by atoms with Crippen LogP contribution in [0, 0.1) is 5.82 Å². The number of halogens is 1. The minimum absolute atomic E-state index is 0.0122. The molecule has 4 rings (SSSR count). The molecule has 0 radical (unpaired) electrons. The number of benzene rings is 2. The molecule has 2 aromatic carbocycles. The van der Waals surface area contributed by atoms with Crippen LogP contribution in [0.4, 0.5) is 4.39 Å². The topological polar surface area (TPSA) is 80.2 Å². The minimum Gasteiger partial charge on any atom is -0.497 e. The number of aromatic nitrogens is 3. The van der Waals surface area contributed by atoms with Crippen molar-refractivity contribution in [2.75, 3.05) is 20.2 Å². The molecule has 1 fully saturated rings. The van der Waals surface area contributed by atoms with Gasteiger partial charge in [0.05, 0.1) is 13.7 Å². The molecule has 0 aliphatic carbocycles. The van der Waals surface area contributed by atoms with Gasteiger partial charge in [0.25, 0.3) is 5.91 Å². The van der Waals surface area contributed by atoms with Crippen molar-refractivity contribution in [3.63, 3.8) is 0 Å². The van der Waals surface area contributed by atoms with Crippen molar-refractivity contribution in [1.82, 2.24) is 19.7 Å². The normalized spacial score (nSPS) is 14.7. The van der Waals surface area contributed by atoms with Crippen molar-refractivity contribution in [2.45, 2.75) is 25.3 Å². The largest absolute Gasteiger partial charge is 0.497 e. The van der Waals surface area contributed by atoms with Crippen LogP contribution in [0.2, 0.25) is 0 Å². The molecule has 0 saturated carbocycles. The Morgan fingerprint density at radius 2 is 1.80 bits per heavy atom. The number of H-pyrrole nitrogens is 1. The molecule has 1 aliphatic heterocycles. The van der Waals surface area contributed by atoms with E-state index in [9.17, 15) is 14.0 Å². The Hall–Kier alpha value is -3.42. The van der Waals surface area contributed by atoms with Gasteiger partial charge in [-0.1, -0.05) is 12.1 Å². The van der Waals surface area contributed by atoms with Gasteiger partial charge in [0, 0.05) is 24.6 Å². The molecule has 1 saturated heterocycles. The number of methoxy groups -OCH3 is 1. The van der Waals surface area contributed by atoms with Crippen molar-refractivity contribution >= 4 is 5.91 Å². The first-order chi connectivity index (χ1) is 14.5. The van der Waals surface area contributed by atoms with E-state index in [1.165, 1.54) is 12.1 Å². The number of hydrogen-bond acceptors (Lipinski definition) is 4. The van der Waals surface area contributed by atoms with E-state index in [4.69, 9.17) is 4.74 Å². The summed E-state index contributed by atoms with van der Waals surface area (Å²) in [5.74, 6) is 1.14.